The normalized spacial score (nSPS) is 10.4. The van der Waals surface area contributed by atoms with Crippen LogP contribution in [-0.2, 0) is 22.5 Å². The Morgan fingerprint density at radius 3 is 2.75 bits per heavy atom. The molecule has 1 aromatic heterocycles. The van der Waals surface area contributed by atoms with Crippen molar-refractivity contribution in [1.82, 2.24) is 9.97 Å². The van der Waals surface area contributed by atoms with E-state index in [1.807, 2.05) is 0 Å². The third-order valence-electron chi connectivity index (χ3n) is 2.01. The van der Waals surface area contributed by atoms with Crippen LogP contribution in [0.3, 0.4) is 0 Å². The van der Waals surface area contributed by atoms with E-state index in [0.29, 0.717) is 19.0 Å². The first-order valence-corrected chi connectivity index (χ1v) is 5.11. The molecule has 0 unspecified atom stereocenters. The first kappa shape index (κ1) is 12.8. The predicted octanol–water partition coefficient (Wildman–Crippen LogP) is 0.488. The number of hydrogen-bond acceptors (Lipinski definition) is 6. The molecule has 1 heterocycles. The van der Waals surface area contributed by atoms with Crippen LogP contribution in [0.2, 0.25) is 0 Å². The highest BCUT2D eigenvalue weighted by molar-refractivity contribution is 5.34. The average molecular weight is 226 g/mol. The maximum absolute atomic E-state index is 5.33. The third-order valence-corrected chi connectivity index (χ3v) is 2.01. The zero-order valence-corrected chi connectivity index (χ0v) is 9.69. The quantitative estimate of drug-likeness (QED) is 0.400. The van der Waals surface area contributed by atoms with Crippen LogP contribution in [0, 0.1) is 0 Å². The molecule has 0 fully saturated rings. The predicted molar refractivity (Wildman–Crippen MR) is 60.8 cm³/mol. The standard InChI is InChI=1S/C10H18N4O2/c1-15-5-3-4-9-12-8(7-16-2)6-10(13-9)14-11/h6H,3-5,7,11H2,1-2H3,(H,12,13,14). The van der Waals surface area contributed by atoms with Crippen LogP contribution in [0.25, 0.3) is 0 Å². The second-order valence-corrected chi connectivity index (χ2v) is 3.33. The highest BCUT2D eigenvalue weighted by Crippen LogP contribution is 2.08. The Bertz CT molecular complexity index is 320. The molecule has 90 valence electrons. The first-order chi connectivity index (χ1) is 7.80. The molecule has 0 atom stereocenters. The van der Waals surface area contributed by atoms with Crippen molar-refractivity contribution in [1.29, 1.82) is 0 Å². The van der Waals surface area contributed by atoms with Gasteiger partial charge in [0, 0.05) is 33.3 Å². The van der Waals surface area contributed by atoms with E-state index in [1.165, 1.54) is 0 Å². The summed E-state index contributed by atoms with van der Waals surface area (Å²) >= 11 is 0. The molecule has 0 spiro atoms. The molecule has 0 aromatic carbocycles. The maximum Gasteiger partial charge on any atom is 0.144 e. The summed E-state index contributed by atoms with van der Waals surface area (Å²) in [5, 5.41) is 0. The number of nitrogen functional groups attached to an aromatic ring is 1. The summed E-state index contributed by atoms with van der Waals surface area (Å²) < 4.78 is 10.0. The van der Waals surface area contributed by atoms with Gasteiger partial charge in [0.25, 0.3) is 0 Å². The van der Waals surface area contributed by atoms with Gasteiger partial charge in [-0.05, 0) is 6.42 Å². The summed E-state index contributed by atoms with van der Waals surface area (Å²) in [7, 11) is 3.30. The Hall–Kier alpha value is -1.24. The van der Waals surface area contributed by atoms with Gasteiger partial charge in [-0.2, -0.15) is 0 Å². The molecular weight excluding hydrogens is 208 g/mol. The topological polar surface area (TPSA) is 82.3 Å². The van der Waals surface area contributed by atoms with Crippen LogP contribution in [0.1, 0.15) is 17.9 Å². The van der Waals surface area contributed by atoms with Gasteiger partial charge in [-0.25, -0.2) is 15.8 Å². The number of aromatic nitrogens is 2. The van der Waals surface area contributed by atoms with Gasteiger partial charge in [-0.15, -0.1) is 0 Å². The van der Waals surface area contributed by atoms with Crippen LogP contribution in [0.4, 0.5) is 5.82 Å². The van der Waals surface area contributed by atoms with Gasteiger partial charge in [-0.3, -0.25) is 0 Å². The molecule has 0 radical (unpaired) electrons. The molecule has 0 bridgehead atoms. The Morgan fingerprint density at radius 2 is 2.12 bits per heavy atom. The van der Waals surface area contributed by atoms with Crippen LogP contribution in [0.5, 0.6) is 0 Å². The third kappa shape index (κ3) is 4.09. The Labute approximate surface area is 95.1 Å². The molecule has 0 aliphatic rings. The second-order valence-electron chi connectivity index (χ2n) is 3.33. The minimum absolute atomic E-state index is 0.453. The van der Waals surface area contributed by atoms with E-state index in [9.17, 15) is 0 Å². The molecule has 6 nitrogen and oxygen atoms in total. The molecule has 3 N–H and O–H groups in total. The van der Waals surface area contributed by atoms with Gasteiger partial charge in [0.2, 0.25) is 0 Å². The lowest BCUT2D eigenvalue weighted by Gasteiger charge is -2.06. The van der Waals surface area contributed by atoms with Crippen molar-refractivity contribution >= 4 is 5.82 Å². The molecule has 1 aromatic rings. The zero-order chi connectivity index (χ0) is 11.8. The van der Waals surface area contributed by atoms with E-state index in [0.717, 1.165) is 24.4 Å². The average Bonchev–Trinajstić information content (AvgIpc) is 2.29. The molecule has 0 aliphatic carbocycles. The minimum Gasteiger partial charge on any atom is -0.385 e. The van der Waals surface area contributed by atoms with Crippen molar-refractivity contribution in [2.75, 3.05) is 26.3 Å². The van der Waals surface area contributed by atoms with Crippen molar-refractivity contribution in [3.63, 3.8) is 0 Å². The number of nitrogens with two attached hydrogens (primary N) is 1. The summed E-state index contributed by atoms with van der Waals surface area (Å²) in [4.78, 5) is 8.60. The molecule has 0 amide bonds. The summed E-state index contributed by atoms with van der Waals surface area (Å²) in [5.74, 6) is 6.69. The van der Waals surface area contributed by atoms with Crippen molar-refractivity contribution in [2.45, 2.75) is 19.4 Å². The molecule has 16 heavy (non-hydrogen) atoms. The highest BCUT2D eigenvalue weighted by atomic mass is 16.5. The molecule has 0 aliphatic heterocycles. The van der Waals surface area contributed by atoms with Crippen LogP contribution >= 0.6 is 0 Å². The number of nitrogens with zero attached hydrogens (tertiary/aromatic N) is 2. The van der Waals surface area contributed by atoms with Crippen LogP contribution < -0.4 is 11.3 Å². The van der Waals surface area contributed by atoms with E-state index in [1.54, 1.807) is 20.3 Å². The number of hydrogen-bond donors (Lipinski definition) is 2. The number of methoxy groups -OCH3 is 2. The minimum atomic E-state index is 0.453. The smallest absolute Gasteiger partial charge is 0.144 e. The lowest BCUT2D eigenvalue weighted by molar-refractivity contribution is 0.181. The number of nitrogens with one attached hydrogen (secondary N) is 1. The van der Waals surface area contributed by atoms with Crippen LogP contribution in [-0.4, -0.2) is 30.8 Å². The van der Waals surface area contributed by atoms with E-state index >= 15 is 0 Å². The summed E-state index contributed by atoms with van der Waals surface area (Å²) in [6.45, 7) is 1.15. The monoisotopic (exact) mass is 226 g/mol. The van der Waals surface area contributed by atoms with Gasteiger partial charge in [0.1, 0.15) is 11.6 Å². The fraction of sp³-hybridized carbons (Fsp3) is 0.600. The summed E-state index contributed by atoms with van der Waals surface area (Å²) in [6, 6.07) is 1.77. The zero-order valence-electron chi connectivity index (χ0n) is 9.69. The van der Waals surface area contributed by atoms with Gasteiger partial charge in [0.15, 0.2) is 0 Å². The van der Waals surface area contributed by atoms with Gasteiger partial charge < -0.3 is 14.9 Å². The number of rotatable bonds is 7. The Balaban J connectivity index is 2.69. The second kappa shape index (κ2) is 7.10. The van der Waals surface area contributed by atoms with Gasteiger partial charge in [0.05, 0.1) is 12.3 Å². The number of hydrazine groups is 1. The molecule has 0 saturated heterocycles. The van der Waals surface area contributed by atoms with Crippen molar-refractivity contribution in [2.24, 2.45) is 5.84 Å². The molecule has 1 rings (SSSR count). The molecule has 6 heteroatoms. The fourth-order valence-electron chi connectivity index (χ4n) is 1.33. The summed E-state index contributed by atoms with van der Waals surface area (Å²) in [5.41, 5.74) is 3.34. The van der Waals surface area contributed by atoms with Crippen molar-refractivity contribution < 1.29 is 9.47 Å². The van der Waals surface area contributed by atoms with Gasteiger partial charge >= 0.3 is 0 Å². The van der Waals surface area contributed by atoms with Crippen LogP contribution in [0.15, 0.2) is 6.07 Å². The number of aryl methyl sites for hydroxylation is 1. The van der Waals surface area contributed by atoms with E-state index in [-0.39, 0.29) is 0 Å². The van der Waals surface area contributed by atoms with Gasteiger partial charge in [-0.1, -0.05) is 0 Å². The lowest BCUT2D eigenvalue weighted by atomic mass is 10.3. The molecule has 0 saturated carbocycles. The number of anilines is 1. The van der Waals surface area contributed by atoms with Crippen molar-refractivity contribution in [3.05, 3.63) is 17.6 Å². The summed E-state index contributed by atoms with van der Waals surface area (Å²) in [6.07, 6.45) is 1.65. The maximum atomic E-state index is 5.33. The van der Waals surface area contributed by atoms with E-state index < -0.39 is 0 Å². The Kier molecular flexibility index (Phi) is 5.69. The lowest BCUT2D eigenvalue weighted by Crippen LogP contribution is -2.12. The number of ether oxygens (including phenoxy) is 2. The van der Waals surface area contributed by atoms with E-state index in [4.69, 9.17) is 15.3 Å². The van der Waals surface area contributed by atoms with E-state index in [2.05, 4.69) is 15.4 Å². The highest BCUT2D eigenvalue weighted by Gasteiger charge is 2.03. The van der Waals surface area contributed by atoms with Crippen molar-refractivity contribution in [3.8, 4) is 0 Å². The molecular formula is C10H18N4O2. The first-order valence-electron chi connectivity index (χ1n) is 5.11. The largest absolute Gasteiger partial charge is 0.385 e. The SMILES string of the molecule is COCCCc1nc(COC)cc(NN)n1. The Morgan fingerprint density at radius 1 is 1.31 bits per heavy atom. The fourth-order valence-corrected chi connectivity index (χ4v) is 1.33.